The van der Waals surface area contributed by atoms with Gasteiger partial charge in [0.1, 0.15) is 22.8 Å². The molecule has 6 rings (SSSR count). The standard InChI is InChI=1S/C33H32N4O5S/c1-4-6-9-17-42-22-12-10-11-21(18-22)29-27(30(38)28-20(3)34-26-13-7-8-16-36(26)28)31(39)32(40)37(29)33-35-24-15-14-23(41-5-2)19-25(24)43-33/h7-8,10-16,18-19,29,38H,4-6,9,17H2,1-3H3/b30-27+. The molecule has 10 heteroatoms. The quantitative estimate of drug-likeness (QED) is 0.0814. The molecular weight excluding hydrogens is 564 g/mol. The van der Waals surface area contributed by atoms with E-state index in [1.54, 1.807) is 17.5 Å². The zero-order chi connectivity index (χ0) is 30.1. The highest BCUT2D eigenvalue weighted by Crippen LogP contribution is 2.45. The van der Waals surface area contributed by atoms with Crippen LogP contribution in [-0.4, -0.2) is 44.4 Å². The van der Waals surface area contributed by atoms with Gasteiger partial charge >= 0.3 is 5.91 Å². The van der Waals surface area contributed by atoms with Gasteiger partial charge in [-0.25, -0.2) is 9.97 Å². The Morgan fingerprint density at radius 3 is 2.63 bits per heavy atom. The Kier molecular flexibility index (Phi) is 7.86. The Morgan fingerprint density at radius 2 is 1.81 bits per heavy atom. The molecule has 1 aliphatic heterocycles. The van der Waals surface area contributed by atoms with Crippen molar-refractivity contribution in [3.05, 3.63) is 89.4 Å². The summed E-state index contributed by atoms with van der Waals surface area (Å²) in [4.78, 5) is 38.3. The molecule has 0 aliphatic carbocycles. The van der Waals surface area contributed by atoms with Crippen LogP contribution in [0, 0.1) is 6.92 Å². The van der Waals surface area contributed by atoms with Gasteiger partial charge in [-0.3, -0.25) is 18.9 Å². The number of thiazole rings is 1. The Labute approximate surface area is 253 Å². The van der Waals surface area contributed by atoms with E-state index in [1.807, 2.05) is 67.6 Å². The topological polar surface area (TPSA) is 106 Å². The van der Waals surface area contributed by atoms with E-state index in [-0.39, 0.29) is 11.3 Å². The number of Topliss-reactive ketones (excluding diaryl/α,β-unsaturated/α-hetero) is 1. The number of hydrogen-bond donors (Lipinski definition) is 1. The van der Waals surface area contributed by atoms with Crippen molar-refractivity contribution in [3.8, 4) is 11.5 Å². The normalized spacial score (nSPS) is 16.4. The average molecular weight is 597 g/mol. The van der Waals surface area contributed by atoms with Crippen LogP contribution < -0.4 is 14.4 Å². The summed E-state index contributed by atoms with van der Waals surface area (Å²) in [5, 5.41) is 12.2. The number of aromatic nitrogens is 3. The Morgan fingerprint density at radius 1 is 0.977 bits per heavy atom. The molecule has 0 bridgehead atoms. The van der Waals surface area contributed by atoms with E-state index in [9.17, 15) is 14.7 Å². The number of ether oxygens (including phenoxy) is 2. The summed E-state index contributed by atoms with van der Waals surface area (Å²) in [7, 11) is 0. The molecule has 1 fully saturated rings. The number of amides is 1. The number of fused-ring (bicyclic) bond motifs is 2. The number of aryl methyl sites for hydroxylation is 1. The SMILES string of the molecule is CCCCCOc1cccc(C2/C(=C(\O)c3c(C)nc4ccccn34)C(=O)C(=O)N2c2nc3ccc(OCC)cc3s2)c1. The summed E-state index contributed by atoms with van der Waals surface area (Å²) in [6, 6.07) is 17.4. The molecule has 220 valence electrons. The van der Waals surface area contributed by atoms with E-state index < -0.39 is 17.7 Å². The van der Waals surface area contributed by atoms with Crippen molar-refractivity contribution in [1.82, 2.24) is 14.4 Å². The predicted molar refractivity (Wildman–Crippen MR) is 167 cm³/mol. The molecule has 0 radical (unpaired) electrons. The maximum absolute atomic E-state index is 13.8. The summed E-state index contributed by atoms with van der Waals surface area (Å²) >= 11 is 1.29. The number of nitrogens with zero attached hydrogens (tertiary/aromatic N) is 4. The number of anilines is 1. The monoisotopic (exact) mass is 596 g/mol. The van der Waals surface area contributed by atoms with Crippen LogP contribution in [0.15, 0.2) is 72.4 Å². The maximum atomic E-state index is 13.8. The van der Waals surface area contributed by atoms with Crippen LogP contribution in [0.5, 0.6) is 11.5 Å². The number of carbonyl (C=O) groups is 2. The number of benzene rings is 2. The van der Waals surface area contributed by atoms with Gasteiger partial charge in [0.05, 0.1) is 40.7 Å². The lowest BCUT2D eigenvalue weighted by Gasteiger charge is -2.23. The molecule has 2 aromatic carbocycles. The first-order valence-corrected chi connectivity index (χ1v) is 15.2. The minimum Gasteiger partial charge on any atom is -0.505 e. The molecule has 1 atom stereocenters. The van der Waals surface area contributed by atoms with Crippen LogP contribution in [-0.2, 0) is 9.59 Å². The van der Waals surface area contributed by atoms with Crippen molar-refractivity contribution in [3.63, 3.8) is 0 Å². The van der Waals surface area contributed by atoms with Crippen molar-refractivity contribution in [2.75, 3.05) is 18.1 Å². The number of unbranched alkanes of at least 4 members (excludes halogenated alkanes) is 2. The number of hydrogen-bond acceptors (Lipinski definition) is 8. The second-order valence-corrected chi connectivity index (χ2v) is 11.3. The summed E-state index contributed by atoms with van der Waals surface area (Å²) in [5.41, 5.74) is 2.77. The Bertz CT molecular complexity index is 1870. The summed E-state index contributed by atoms with van der Waals surface area (Å²) in [6.45, 7) is 6.88. The van der Waals surface area contributed by atoms with Crippen LogP contribution in [0.2, 0.25) is 0 Å². The Balaban J connectivity index is 1.51. The fourth-order valence-electron chi connectivity index (χ4n) is 5.44. The van der Waals surface area contributed by atoms with E-state index in [1.165, 1.54) is 16.2 Å². The third-order valence-electron chi connectivity index (χ3n) is 7.43. The second-order valence-electron chi connectivity index (χ2n) is 10.3. The smallest absolute Gasteiger partial charge is 0.301 e. The van der Waals surface area contributed by atoms with Gasteiger partial charge in [0.15, 0.2) is 10.9 Å². The third kappa shape index (κ3) is 5.23. The van der Waals surface area contributed by atoms with E-state index >= 15 is 0 Å². The number of carbonyl (C=O) groups excluding carboxylic acids is 2. The minimum atomic E-state index is -0.945. The largest absolute Gasteiger partial charge is 0.505 e. The highest BCUT2D eigenvalue weighted by Gasteiger charge is 2.48. The number of pyridine rings is 1. The van der Waals surface area contributed by atoms with E-state index in [0.717, 1.165) is 24.0 Å². The minimum absolute atomic E-state index is 0.0313. The summed E-state index contributed by atoms with van der Waals surface area (Å²) in [5.74, 6) is -0.542. The van der Waals surface area contributed by atoms with Gasteiger partial charge in [0.2, 0.25) is 0 Å². The molecule has 0 saturated carbocycles. The lowest BCUT2D eigenvalue weighted by atomic mass is 9.96. The molecule has 9 nitrogen and oxygen atoms in total. The van der Waals surface area contributed by atoms with Crippen molar-refractivity contribution in [2.45, 2.75) is 46.1 Å². The van der Waals surface area contributed by atoms with Crippen molar-refractivity contribution < 1.29 is 24.2 Å². The van der Waals surface area contributed by atoms with Gasteiger partial charge in [-0.15, -0.1) is 0 Å². The molecule has 0 spiro atoms. The molecule has 4 heterocycles. The van der Waals surface area contributed by atoms with Crippen molar-refractivity contribution >= 4 is 49.8 Å². The number of aliphatic hydroxyl groups excluding tert-OH is 1. The first kappa shape index (κ1) is 28.4. The lowest BCUT2D eigenvalue weighted by molar-refractivity contribution is -0.132. The highest BCUT2D eigenvalue weighted by molar-refractivity contribution is 7.22. The zero-order valence-electron chi connectivity index (χ0n) is 24.2. The fraction of sp³-hybridized carbons (Fsp3) is 0.273. The molecule has 1 amide bonds. The van der Waals surface area contributed by atoms with Gasteiger partial charge in [0, 0.05) is 6.20 Å². The fourth-order valence-corrected chi connectivity index (χ4v) is 6.46. The van der Waals surface area contributed by atoms with E-state index in [2.05, 4.69) is 11.9 Å². The van der Waals surface area contributed by atoms with Crippen LogP contribution in [0.25, 0.3) is 21.6 Å². The van der Waals surface area contributed by atoms with Gasteiger partial charge in [0.25, 0.3) is 5.78 Å². The first-order valence-electron chi connectivity index (χ1n) is 14.4. The van der Waals surface area contributed by atoms with Crippen molar-refractivity contribution in [1.29, 1.82) is 0 Å². The summed E-state index contributed by atoms with van der Waals surface area (Å²) < 4.78 is 14.2. The zero-order valence-corrected chi connectivity index (χ0v) is 25.1. The van der Waals surface area contributed by atoms with Crippen LogP contribution in [0.3, 0.4) is 0 Å². The number of aliphatic hydroxyl groups is 1. The number of rotatable bonds is 10. The lowest BCUT2D eigenvalue weighted by Crippen LogP contribution is -2.29. The molecule has 1 unspecified atom stereocenters. The average Bonchev–Trinajstić information content (AvgIpc) is 3.65. The molecule has 1 aliphatic rings. The second kappa shape index (κ2) is 11.9. The van der Waals surface area contributed by atoms with Crippen molar-refractivity contribution in [2.24, 2.45) is 0 Å². The first-order chi connectivity index (χ1) is 20.9. The van der Waals surface area contributed by atoms with Crippen LogP contribution >= 0.6 is 11.3 Å². The van der Waals surface area contributed by atoms with E-state index in [0.29, 0.717) is 58.0 Å². The van der Waals surface area contributed by atoms with E-state index in [4.69, 9.17) is 14.5 Å². The molecular formula is C33H32N4O5S. The van der Waals surface area contributed by atoms with Gasteiger partial charge in [-0.1, -0.05) is 49.3 Å². The highest BCUT2D eigenvalue weighted by atomic mass is 32.1. The molecule has 3 aromatic heterocycles. The van der Waals surface area contributed by atoms with Crippen LogP contribution in [0.1, 0.15) is 56.1 Å². The number of imidazole rings is 1. The van der Waals surface area contributed by atoms with Gasteiger partial charge < -0.3 is 14.6 Å². The van der Waals surface area contributed by atoms with Gasteiger partial charge in [-0.05, 0) is 68.3 Å². The summed E-state index contributed by atoms with van der Waals surface area (Å²) in [6.07, 6.45) is 4.82. The van der Waals surface area contributed by atoms with Crippen LogP contribution in [0.4, 0.5) is 5.13 Å². The van der Waals surface area contributed by atoms with Gasteiger partial charge in [-0.2, -0.15) is 0 Å². The molecule has 1 N–H and O–H groups in total. The molecule has 5 aromatic rings. The Hall–Kier alpha value is -4.70. The number of ketones is 1. The molecule has 1 saturated heterocycles. The predicted octanol–water partition coefficient (Wildman–Crippen LogP) is 6.85. The molecule has 43 heavy (non-hydrogen) atoms. The maximum Gasteiger partial charge on any atom is 0.301 e. The third-order valence-corrected chi connectivity index (χ3v) is 8.45.